The van der Waals surface area contributed by atoms with Crippen LogP contribution in [0.4, 0.5) is 0 Å². The summed E-state index contributed by atoms with van der Waals surface area (Å²) in [6, 6.07) is 1.34. The van der Waals surface area contributed by atoms with E-state index in [0.717, 1.165) is 24.3 Å². The molecule has 1 aliphatic heterocycles. The molecule has 0 aromatic carbocycles. The van der Waals surface area contributed by atoms with Crippen LogP contribution in [-0.4, -0.2) is 58.6 Å². The van der Waals surface area contributed by atoms with Crippen LogP contribution in [0.3, 0.4) is 0 Å². The molecule has 0 spiro atoms. The molecule has 0 saturated carbocycles. The first-order chi connectivity index (χ1) is 11.0. The molecule has 1 aliphatic rings. The summed E-state index contributed by atoms with van der Waals surface area (Å²) in [5.41, 5.74) is 0. The summed E-state index contributed by atoms with van der Waals surface area (Å²) in [5, 5.41) is 3.19. The second kappa shape index (κ2) is 9.00. The molecule has 1 aromatic heterocycles. The number of hydrogen-bond donors (Lipinski definition) is 1. The van der Waals surface area contributed by atoms with E-state index in [-0.39, 0.29) is 33.3 Å². The maximum absolute atomic E-state index is 13.1. The Morgan fingerprint density at radius 3 is 2.67 bits per heavy atom. The number of carbonyl (C=O) groups is 1. The number of carbonyl (C=O) groups excluding carboxylic acids is 1. The first-order valence-electron chi connectivity index (χ1n) is 7.44. The predicted molar refractivity (Wildman–Crippen MR) is 94.9 cm³/mol. The Labute approximate surface area is 152 Å². The molecular formula is C14H23ClN2O5S2. The van der Waals surface area contributed by atoms with Crippen molar-refractivity contribution >= 4 is 39.7 Å². The molecule has 2 rings (SSSR count). The third-order valence-electron chi connectivity index (χ3n) is 3.70. The number of thiophene rings is 1. The minimum absolute atomic E-state index is 0. The van der Waals surface area contributed by atoms with Crippen LogP contribution >= 0.6 is 23.7 Å². The van der Waals surface area contributed by atoms with Crippen LogP contribution in [0.25, 0.3) is 0 Å². The second-order valence-corrected chi connectivity index (χ2v) is 8.36. The van der Waals surface area contributed by atoms with Crippen molar-refractivity contribution in [3.8, 4) is 5.75 Å². The zero-order valence-corrected chi connectivity index (χ0v) is 16.4. The van der Waals surface area contributed by atoms with Crippen LogP contribution in [0.2, 0.25) is 0 Å². The van der Waals surface area contributed by atoms with Gasteiger partial charge < -0.3 is 14.8 Å². The normalized spacial score (nSPS) is 17.6. The highest BCUT2D eigenvalue weighted by Gasteiger charge is 2.36. The van der Waals surface area contributed by atoms with E-state index in [1.807, 2.05) is 6.92 Å². The second-order valence-electron chi connectivity index (χ2n) is 5.22. The molecule has 24 heavy (non-hydrogen) atoms. The zero-order chi connectivity index (χ0) is 17.0. The van der Waals surface area contributed by atoms with Crippen molar-refractivity contribution in [2.24, 2.45) is 0 Å². The van der Waals surface area contributed by atoms with Gasteiger partial charge in [-0.05, 0) is 19.4 Å². The Bertz CT molecular complexity index is 656. The van der Waals surface area contributed by atoms with Gasteiger partial charge in [0.2, 0.25) is 0 Å². The summed E-state index contributed by atoms with van der Waals surface area (Å²) in [7, 11) is -1.08. The molecule has 0 radical (unpaired) electrons. The van der Waals surface area contributed by atoms with Gasteiger partial charge in [0.05, 0.1) is 14.2 Å². The fourth-order valence-corrected chi connectivity index (χ4v) is 5.95. The minimum atomic E-state index is -3.73. The lowest BCUT2D eigenvalue weighted by Crippen LogP contribution is -2.41. The van der Waals surface area contributed by atoms with E-state index in [2.05, 4.69) is 10.1 Å². The highest BCUT2D eigenvalue weighted by Crippen LogP contribution is 2.37. The standard InChI is InChI=1S/C14H22N2O5S2.ClH/c1-4-7-16(10-5-6-15-9-10)23(18,19)14-11(20-2)8-12(22-14)13(17)21-3;/h8,10,15H,4-7,9H2,1-3H3;1H. The van der Waals surface area contributed by atoms with Crippen molar-refractivity contribution in [1.29, 1.82) is 0 Å². The fraction of sp³-hybridized carbons (Fsp3) is 0.643. The van der Waals surface area contributed by atoms with Crippen molar-refractivity contribution in [1.82, 2.24) is 9.62 Å². The monoisotopic (exact) mass is 398 g/mol. The molecule has 1 aromatic rings. The SMILES string of the molecule is CCCN(C1CCNC1)S(=O)(=O)c1sc(C(=O)OC)cc1OC.Cl. The van der Waals surface area contributed by atoms with Crippen LogP contribution in [-0.2, 0) is 14.8 Å². The van der Waals surface area contributed by atoms with E-state index in [1.165, 1.54) is 24.6 Å². The van der Waals surface area contributed by atoms with E-state index in [9.17, 15) is 13.2 Å². The van der Waals surface area contributed by atoms with Gasteiger partial charge in [0.1, 0.15) is 4.88 Å². The van der Waals surface area contributed by atoms with Gasteiger partial charge in [0.25, 0.3) is 10.0 Å². The number of esters is 1. The van der Waals surface area contributed by atoms with Crippen molar-refractivity contribution in [3.05, 3.63) is 10.9 Å². The van der Waals surface area contributed by atoms with Crippen LogP contribution in [0.1, 0.15) is 29.4 Å². The van der Waals surface area contributed by atoms with Gasteiger partial charge in [0, 0.05) is 25.2 Å². The Morgan fingerprint density at radius 2 is 2.17 bits per heavy atom. The topological polar surface area (TPSA) is 84.9 Å². The van der Waals surface area contributed by atoms with Gasteiger partial charge in [0.15, 0.2) is 9.96 Å². The predicted octanol–water partition coefficient (Wildman–Crippen LogP) is 1.73. The average Bonchev–Trinajstić information content (AvgIpc) is 3.20. The molecule has 0 aliphatic carbocycles. The molecule has 2 heterocycles. The molecule has 0 bridgehead atoms. The van der Waals surface area contributed by atoms with E-state index in [4.69, 9.17) is 4.74 Å². The van der Waals surface area contributed by atoms with Gasteiger partial charge in [-0.15, -0.1) is 23.7 Å². The Hall–Kier alpha value is -0.870. The van der Waals surface area contributed by atoms with Crippen LogP contribution in [0, 0.1) is 0 Å². The first kappa shape index (κ1) is 21.2. The summed E-state index contributed by atoms with van der Waals surface area (Å²) < 4.78 is 37.6. The largest absolute Gasteiger partial charge is 0.494 e. The van der Waals surface area contributed by atoms with Crippen LogP contribution < -0.4 is 10.1 Å². The van der Waals surface area contributed by atoms with Gasteiger partial charge in [-0.2, -0.15) is 4.31 Å². The fourth-order valence-electron chi connectivity index (χ4n) is 2.59. The first-order valence-corrected chi connectivity index (χ1v) is 9.70. The molecule has 1 fully saturated rings. The molecule has 1 N–H and O–H groups in total. The zero-order valence-electron chi connectivity index (χ0n) is 13.9. The van der Waals surface area contributed by atoms with E-state index in [1.54, 1.807) is 0 Å². The molecule has 138 valence electrons. The van der Waals surface area contributed by atoms with Crippen molar-refractivity contribution < 1.29 is 22.7 Å². The molecule has 10 heteroatoms. The summed E-state index contributed by atoms with van der Waals surface area (Å²) in [6.45, 7) is 3.81. The summed E-state index contributed by atoms with van der Waals surface area (Å²) in [6.07, 6.45) is 1.49. The number of nitrogens with zero attached hydrogens (tertiary/aromatic N) is 1. The van der Waals surface area contributed by atoms with Crippen molar-refractivity contribution in [2.45, 2.75) is 30.0 Å². The Balaban J connectivity index is 0.00000288. The maximum Gasteiger partial charge on any atom is 0.348 e. The smallest absolute Gasteiger partial charge is 0.348 e. The van der Waals surface area contributed by atoms with E-state index < -0.39 is 16.0 Å². The minimum Gasteiger partial charge on any atom is -0.494 e. The Morgan fingerprint density at radius 1 is 1.46 bits per heavy atom. The van der Waals surface area contributed by atoms with Gasteiger partial charge in [-0.25, -0.2) is 13.2 Å². The highest BCUT2D eigenvalue weighted by molar-refractivity contribution is 7.91. The summed E-state index contributed by atoms with van der Waals surface area (Å²) in [4.78, 5) is 11.9. The molecule has 0 amide bonds. The summed E-state index contributed by atoms with van der Waals surface area (Å²) >= 11 is 0.887. The lowest BCUT2D eigenvalue weighted by Gasteiger charge is -2.26. The number of methoxy groups -OCH3 is 2. The number of rotatable bonds is 7. The third kappa shape index (κ3) is 4.20. The molecule has 1 atom stereocenters. The highest BCUT2D eigenvalue weighted by atomic mass is 35.5. The van der Waals surface area contributed by atoms with E-state index in [0.29, 0.717) is 19.5 Å². The maximum atomic E-state index is 13.1. The molecule has 7 nitrogen and oxygen atoms in total. The number of halogens is 1. The number of ether oxygens (including phenoxy) is 2. The van der Waals surface area contributed by atoms with Gasteiger partial charge in [-0.1, -0.05) is 6.92 Å². The van der Waals surface area contributed by atoms with Gasteiger partial charge >= 0.3 is 5.97 Å². The number of hydrogen-bond acceptors (Lipinski definition) is 7. The third-order valence-corrected chi connectivity index (χ3v) is 7.24. The Kier molecular flexibility index (Phi) is 7.94. The van der Waals surface area contributed by atoms with Crippen molar-refractivity contribution in [3.63, 3.8) is 0 Å². The quantitative estimate of drug-likeness (QED) is 0.704. The lowest BCUT2D eigenvalue weighted by atomic mass is 10.2. The van der Waals surface area contributed by atoms with E-state index >= 15 is 0 Å². The average molecular weight is 399 g/mol. The lowest BCUT2D eigenvalue weighted by molar-refractivity contribution is 0.0606. The molecule has 1 unspecified atom stereocenters. The molecular weight excluding hydrogens is 376 g/mol. The van der Waals surface area contributed by atoms with Gasteiger partial charge in [-0.3, -0.25) is 0 Å². The van der Waals surface area contributed by atoms with Crippen molar-refractivity contribution in [2.75, 3.05) is 33.9 Å². The molecule has 1 saturated heterocycles. The van der Waals surface area contributed by atoms with Crippen LogP contribution in [0.5, 0.6) is 5.75 Å². The number of sulfonamides is 1. The number of nitrogens with one attached hydrogen (secondary N) is 1. The summed E-state index contributed by atoms with van der Waals surface area (Å²) in [5.74, 6) is -0.387. The van der Waals surface area contributed by atoms with Crippen LogP contribution in [0.15, 0.2) is 10.3 Å².